The first-order chi connectivity index (χ1) is 15.2. The third-order valence-electron chi connectivity index (χ3n) is 4.86. The molecule has 31 heavy (non-hydrogen) atoms. The Balaban J connectivity index is 1.44. The average Bonchev–Trinajstić information content (AvgIpc) is 3.21. The number of thioether (sulfide) groups is 1. The summed E-state index contributed by atoms with van der Waals surface area (Å²) >= 11 is 1.64. The molecule has 0 saturated heterocycles. The molecule has 0 aliphatic heterocycles. The molecule has 2 aromatic carbocycles. The minimum atomic E-state index is -0.130. The van der Waals surface area contributed by atoms with Gasteiger partial charge in [-0.3, -0.25) is 14.2 Å². The number of aromatic nitrogens is 4. The summed E-state index contributed by atoms with van der Waals surface area (Å²) in [5.74, 6) is 0.781. The van der Waals surface area contributed by atoms with E-state index in [2.05, 4.69) is 22.3 Å². The molecule has 0 bridgehead atoms. The number of carbonyl (C=O) groups excluding carboxylic acids is 1. The van der Waals surface area contributed by atoms with Crippen LogP contribution in [0, 0.1) is 0 Å². The fraction of sp³-hybridized carbons (Fsp3) is 0.217. The molecular formula is C23H23N5O2S. The van der Waals surface area contributed by atoms with Crippen molar-refractivity contribution in [2.75, 3.05) is 12.3 Å². The predicted octanol–water partition coefficient (Wildman–Crippen LogP) is 3.18. The summed E-state index contributed by atoms with van der Waals surface area (Å²) in [7, 11) is 0. The van der Waals surface area contributed by atoms with Crippen LogP contribution in [0.15, 0.2) is 76.8 Å². The Bertz CT molecular complexity index is 1250. The first-order valence-corrected chi connectivity index (χ1v) is 11.1. The van der Waals surface area contributed by atoms with Gasteiger partial charge in [0.25, 0.3) is 11.5 Å². The van der Waals surface area contributed by atoms with Crippen molar-refractivity contribution >= 4 is 28.7 Å². The van der Waals surface area contributed by atoms with E-state index in [0.717, 1.165) is 16.2 Å². The number of rotatable bonds is 8. The van der Waals surface area contributed by atoms with Crippen molar-refractivity contribution in [3.05, 3.63) is 88.6 Å². The van der Waals surface area contributed by atoms with Crippen molar-refractivity contribution < 1.29 is 4.79 Å². The van der Waals surface area contributed by atoms with Crippen molar-refractivity contribution in [2.24, 2.45) is 0 Å². The minimum Gasteiger partial charge on any atom is -0.350 e. The zero-order chi connectivity index (χ0) is 21.6. The number of nitrogens with one attached hydrogen (secondary N) is 1. The van der Waals surface area contributed by atoms with Crippen LogP contribution in [0.4, 0.5) is 0 Å². The lowest BCUT2D eigenvalue weighted by molar-refractivity contribution is 0.0949. The standard InChI is InChI=1S/C23H23N5O2S/c1-2-31-20-11-7-6-10-18(20)22(29)24-12-13-28-21-19(14-26-28)23(30)27(16-25-21)15-17-8-4-3-5-9-17/h3-11,14,16H,2,12-13,15H2,1H3,(H,24,29). The van der Waals surface area contributed by atoms with E-state index < -0.39 is 0 Å². The van der Waals surface area contributed by atoms with Crippen molar-refractivity contribution in [3.63, 3.8) is 0 Å². The van der Waals surface area contributed by atoms with Gasteiger partial charge in [-0.25, -0.2) is 9.67 Å². The second kappa shape index (κ2) is 9.61. The molecule has 1 amide bonds. The summed E-state index contributed by atoms with van der Waals surface area (Å²) in [6, 6.07) is 17.3. The number of carbonyl (C=O) groups is 1. The number of amides is 1. The molecule has 0 saturated carbocycles. The van der Waals surface area contributed by atoms with E-state index in [0.29, 0.717) is 36.2 Å². The van der Waals surface area contributed by atoms with Crippen LogP contribution >= 0.6 is 11.8 Å². The lowest BCUT2D eigenvalue weighted by Gasteiger charge is -2.10. The van der Waals surface area contributed by atoms with Gasteiger partial charge in [-0.2, -0.15) is 5.10 Å². The van der Waals surface area contributed by atoms with Gasteiger partial charge in [-0.1, -0.05) is 49.4 Å². The predicted molar refractivity (Wildman–Crippen MR) is 123 cm³/mol. The van der Waals surface area contributed by atoms with Crippen LogP contribution in [-0.2, 0) is 13.1 Å². The summed E-state index contributed by atoms with van der Waals surface area (Å²) in [6.07, 6.45) is 3.09. The number of nitrogens with zero attached hydrogens (tertiary/aromatic N) is 4. The van der Waals surface area contributed by atoms with E-state index in [4.69, 9.17) is 0 Å². The van der Waals surface area contributed by atoms with Crippen molar-refractivity contribution in [1.29, 1.82) is 0 Å². The van der Waals surface area contributed by atoms with E-state index in [-0.39, 0.29) is 11.5 Å². The average molecular weight is 434 g/mol. The van der Waals surface area contributed by atoms with Gasteiger partial charge in [0, 0.05) is 11.4 Å². The number of benzene rings is 2. The fourth-order valence-electron chi connectivity index (χ4n) is 3.36. The quantitative estimate of drug-likeness (QED) is 0.432. The summed E-state index contributed by atoms with van der Waals surface area (Å²) < 4.78 is 3.23. The molecule has 4 rings (SSSR count). The topological polar surface area (TPSA) is 81.8 Å². The number of hydrogen-bond donors (Lipinski definition) is 1. The third kappa shape index (κ3) is 4.69. The highest BCUT2D eigenvalue weighted by Crippen LogP contribution is 2.22. The Morgan fingerprint density at radius 2 is 1.87 bits per heavy atom. The number of hydrogen-bond acceptors (Lipinski definition) is 5. The van der Waals surface area contributed by atoms with Crippen LogP contribution in [0.1, 0.15) is 22.8 Å². The summed E-state index contributed by atoms with van der Waals surface area (Å²) in [6.45, 7) is 3.32. The van der Waals surface area contributed by atoms with Gasteiger partial charge in [-0.15, -0.1) is 11.8 Å². The Labute approximate surface area is 184 Å². The van der Waals surface area contributed by atoms with Crippen molar-refractivity contribution in [3.8, 4) is 0 Å². The molecule has 8 heteroatoms. The van der Waals surface area contributed by atoms with Gasteiger partial charge in [0.1, 0.15) is 11.7 Å². The summed E-state index contributed by atoms with van der Waals surface area (Å²) in [5.41, 5.74) is 2.09. The molecule has 0 fully saturated rings. The van der Waals surface area contributed by atoms with Crippen LogP contribution in [0.25, 0.3) is 11.0 Å². The monoisotopic (exact) mass is 433 g/mol. The Morgan fingerprint density at radius 1 is 1.10 bits per heavy atom. The van der Waals surface area contributed by atoms with Gasteiger partial charge < -0.3 is 5.32 Å². The fourth-order valence-corrected chi connectivity index (χ4v) is 4.16. The highest BCUT2D eigenvalue weighted by atomic mass is 32.2. The lowest BCUT2D eigenvalue weighted by Crippen LogP contribution is -2.28. The smallest absolute Gasteiger partial charge is 0.264 e. The van der Waals surface area contributed by atoms with Crippen LogP contribution in [0.3, 0.4) is 0 Å². The third-order valence-corrected chi connectivity index (χ3v) is 5.81. The number of fused-ring (bicyclic) bond motifs is 1. The first kappa shape index (κ1) is 20.9. The van der Waals surface area contributed by atoms with Gasteiger partial charge in [0.05, 0.1) is 24.8 Å². The molecule has 158 valence electrons. The largest absolute Gasteiger partial charge is 0.350 e. The normalized spacial score (nSPS) is 11.0. The summed E-state index contributed by atoms with van der Waals surface area (Å²) in [4.78, 5) is 30.8. The molecule has 0 aliphatic rings. The van der Waals surface area contributed by atoms with E-state index in [1.165, 1.54) is 0 Å². The molecule has 0 aliphatic carbocycles. The van der Waals surface area contributed by atoms with E-state index in [1.807, 2.05) is 54.6 Å². The molecule has 1 N–H and O–H groups in total. The highest BCUT2D eigenvalue weighted by Gasteiger charge is 2.13. The lowest BCUT2D eigenvalue weighted by atomic mass is 10.2. The SMILES string of the molecule is CCSc1ccccc1C(=O)NCCn1ncc2c(=O)n(Cc3ccccc3)cnc21. The molecule has 2 aromatic heterocycles. The van der Waals surface area contributed by atoms with E-state index >= 15 is 0 Å². The maximum absolute atomic E-state index is 12.8. The zero-order valence-electron chi connectivity index (χ0n) is 17.2. The van der Waals surface area contributed by atoms with Crippen LogP contribution < -0.4 is 10.9 Å². The molecular weight excluding hydrogens is 410 g/mol. The van der Waals surface area contributed by atoms with Gasteiger partial charge in [-0.05, 0) is 23.4 Å². The first-order valence-electron chi connectivity index (χ1n) is 10.1. The molecule has 0 spiro atoms. The maximum Gasteiger partial charge on any atom is 0.264 e. The molecule has 7 nitrogen and oxygen atoms in total. The minimum absolute atomic E-state index is 0.119. The van der Waals surface area contributed by atoms with Crippen LogP contribution in [-0.4, -0.2) is 37.5 Å². The molecule has 0 unspecified atom stereocenters. The van der Waals surface area contributed by atoms with E-state index in [9.17, 15) is 9.59 Å². The summed E-state index contributed by atoms with van der Waals surface area (Å²) in [5, 5.41) is 7.71. The second-order valence-electron chi connectivity index (χ2n) is 6.95. The van der Waals surface area contributed by atoms with Gasteiger partial charge >= 0.3 is 0 Å². The van der Waals surface area contributed by atoms with E-state index in [1.54, 1.807) is 33.5 Å². The molecule has 0 radical (unpaired) electrons. The van der Waals surface area contributed by atoms with Gasteiger partial charge in [0.15, 0.2) is 5.65 Å². The van der Waals surface area contributed by atoms with Crippen LogP contribution in [0.5, 0.6) is 0 Å². The zero-order valence-corrected chi connectivity index (χ0v) is 18.0. The second-order valence-corrected chi connectivity index (χ2v) is 8.26. The van der Waals surface area contributed by atoms with Crippen molar-refractivity contribution in [1.82, 2.24) is 24.6 Å². The van der Waals surface area contributed by atoms with Crippen LogP contribution in [0.2, 0.25) is 0 Å². The Morgan fingerprint density at radius 3 is 2.68 bits per heavy atom. The Hall–Kier alpha value is -3.39. The van der Waals surface area contributed by atoms with Gasteiger partial charge in [0.2, 0.25) is 0 Å². The molecule has 0 atom stereocenters. The van der Waals surface area contributed by atoms with Crippen molar-refractivity contribution in [2.45, 2.75) is 24.9 Å². The highest BCUT2D eigenvalue weighted by molar-refractivity contribution is 7.99. The molecule has 4 aromatic rings. The maximum atomic E-state index is 12.8. The molecule has 2 heterocycles. The Kier molecular flexibility index (Phi) is 6.47.